The van der Waals surface area contributed by atoms with E-state index in [2.05, 4.69) is 4.98 Å². The van der Waals surface area contributed by atoms with Crippen molar-refractivity contribution in [1.82, 2.24) is 9.55 Å². The number of aliphatic hydroxyl groups excluding tert-OH is 1. The lowest BCUT2D eigenvalue weighted by atomic mass is 9.92. The third kappa shape index (κ3) is 2.28. The summed E-state index contributed by atoms with van der Waals surface area (Å²) < 4.78 is 7.62. The summed E-state index contributed by atoms with van der Waals surface area (Å²) in [6, 6.07) is 0. The summed E-state index contributed by atoms with van der Waals surface area (Å²) in [5.74, 6) is 1.01. The summed E-state index contributed by atoms with van der Waals surface area (Å²) in [7, 11) is 1.97. The molecule has 1 saturated heterocycles. The molecule has 0 radical (unpaired) electrons. The molecule has 0 spiro atoms. The Kier molecular flexibility index (Phi) is 3.30. The fourth-order valence-electron chi connectivity index (χ4n) is 2.27. The monoisotopic (exact) mass is 224 g/mol. The molecule has 1 aliphatic rings. The first-order chi connectivity index (χ1) is 7.62. The number of ether oxygens (including phenoxy) is 1. The normalized spacial score (nSPS) is 27.2. The lowest BCUT2D eigenvalue weighted by Crippen LogP contribution is -2.38. The second-order valence-corrected chi connectivity index (χ2v) is 4.77. The van der Waals surface area contributed by atoms with Gasteiger partial charge in [0, 0.05) is 32.5 Å². The van der Waals surface area contributed by atoms with Crippen molar-refractivity contribution >= 4 is 0 Å². The maximum Gasteiger partial charge on any atom is 0.108 e. The number of hydrogen-bond acceptors (Lipinski definition) is 3. The third-order valence-corrected chi connectivity index (χ3v) is 3.52. The molecule has 0 bridgehead atoms. The molecular weight excluding hydrogens is 204 g/mol. The van der Waals surface area contributed by atoms with Gasteiger partial charge < -0.3 is 14.4 Å². The van der Waals surface area contributed by atoms with Crippen LogP contribution in [-0.4, -0.2) is 33.0 Å². The van der Waals surface area contributed by atoms with E-state index in [0.29, 0.717) is 6.42 Å². The van der Waals surface area contributed by atoms with Crippen molar-refractivity contribution in [2.24, 2.45) is 7.05 Å². The average molecular weight is 224 g/mol. The van der Waals surface area contributed by atoms with Crippen molar-refractivity contribution in [3.8, 4) is 0 Å². The Hall–Kier alpha value is -0.870. The van der Waals surface area contributed by atoms with Crippen LogP contribution >= 0.6 is 0 Å². The molecule has 1 N–H and O–H groups in total. The minimum Gasteiger partial charge on any atom is -0.390 e. The molecule has 1 aliphatic heterocycles. The highest BCUT2D eigenvalue weighted by molar-refractivity contribution is 4.94. The molecule has 0 aliphatic carbocycles. The zero-order valence-electron chi connectivity index (χ0n) is 10.0. The lowest BCUT2D eigenvalue weighted by Gasteiger charge is -2.29. The van der Waals surface area contributed by atoms with Gasteiger partial charge in [0.25, 0.3) is 0 Å². The van der Waals surface area contributed by atoms with Gasteiger partial charge in [-0.15, -0.1) is 0 Å². The Morgan fingerprint density at radius 3 is 3.06 bits per heavy atom. The van der Waals surface area contributed by atoms with Crippen LogP contribution in [0.2, 0.25) is 0 Å². The van der Waals surface area contributed by atoms with E-state index in [0.717, 1.165) is 31.7 Å². The predicted octanol–water partition coefficient (Wildman–Crippen LogP) is 1.28. The first-order valence-corrected chi connectivity index (χ1v) is 5.90. The maximum absolute atomic E-state index is 10.1. The van der Waals surface area contributed by atoms with E-state index < -0.39 is 6.10 Å². The Balaban J connectivity index is 1.88. The minimum atomic E-state index is -0.397. The van der Waals surface area contributed by atoms with Crippen molar-refractivity contribution in [2.45, 2.75) is 44.3 Å². The van der Waals surface area contributed by atoms with E-state index in [9.17, 15) is 5.11 Å². The van der Waals surface area contributed by atoms with Crippen LogP contribution in [0.5, 0.6) is 0 Å². The first kappa shape index (κ1) is 11.6. The van der Waals surface area contributed by atoms with Gasteiger partial charge in [0.2, 0.25) is 0 Å². The van der Waals surface area contributed by atoms with Gasteiger partial charge in [0.15, 0.2) is 0 Å². The van der Waals surface area contributed by atoms with Crippen LogP contribution in [0.3, 0.4) is 0 Å². The molecule has 4 heteroatoms. The second kappa shape index (κ2) is 4.55. The molecule has 1 aromatic heterocycles. The lowest BCUT2D eigenvalue weighted by molar-refractivity contribution is -0.0802. The van der Waals surface area contributed by atoms with Gasteiger partial charge in [0.05, 0.1) is 11.7 Å². The second-order valence-electron chi connectivity index (χ2n) is 4.77. The van der Waals surface area contributed by atoms with E-state index in [4.69, 9.17) is 4.74 Å². The molecule has 0 aromatic carbocycles. The minimum absolute atomic E-state index is 0.342. The smallest absolute Gasteiger partial charge is 0.108 e. The Morgan fingerprint density at radius 2 is 2.50 bits per heavy atom. The maximum atomic E-state index is 10.1. The zero-order chi connectivity index (χ0) is 11.6. The highest BCUT2D eigenvalue weighted by atomic mass is 16.5. The predicted molar refractivity (Wildman–Crippen MR) is 61.1 cm³/mol. The molecule has 4 nitrogen and oxygen atoms in total. The van der Waals surface area contributed by atoms with Crippen molar-refractivity contribution in [2.75, 3.05) is 6.61 Å². The fourth-order valence-corrected chi connectivity index (χ4v) is 2.27. The highest BCUT2D eigenvalue weighted by Gasteiger charge is 2.37. The Labute approximate surface area is 96.3 Å². The number of aliphatic hydroxyl groups is 1. The van der Waals surface area contributed by atoms with Gasteiger partial charge in [-0.3, -0.25) is 0 Å². The Bertz CT molecular complexity index is 343. The molecule has 0 saturated carbocycles. The average Bonchev–Trinajstić information content (AvgIpc) is 2.85. The molecule has 2 heterocycles. The van der Waals surface area contributed by atoms with Crippen LogP contribution in [0.4, 0.5) is 0 Å². The molecule has 2 unspecified atom stereocenters. The first-order valence-electron chi connectivity index (χ1n) is 5.90. The van der Waals surface area contributed by atoms with Crippen LogP contribution in [-0.2, 0) is 18.2 Å². The van der Waals surface area contributed by atoms with Crippen molar-refractivity contribution in [3.05, 3.63) is 18.2 Å². The topological polar surface area (TPSA) is 47.3 Å². The zero-order valence-corrected chi connectivity index (χ0v) is 10.0. The van der Waals surface area contributed by atoms with Crippen LogP contribution in [0.25, 0.3) is 0 Å². The van der Waals surface area contributed by atoms with Gasteiger partial charge in [-0.1, -0.05) is 0 Å². The van der Waals surface area contributed by atoms with E-state index in [-0.39, 0.29) is 5.60 Å². The van der Waals surface area contributed by atoms with E-state index >= 15 is 0 Å². The van der Waals surface area contributed by atoms with Crippen LogP contribution in [0.15, 0.2) is 12.4 Å². The summed E-state index contributed by atoms with van der Waals surface area (Å²) in [6.45, 7) is 2.78. The molecular formula is C12H20N2O2. The van der Waals surface area contributed by atoms with E-state index in [1.54, 1.807) is 6.20 Å². The summed E-state index contributed by atoms with van der Waals surface area (Å²) in [5, 5.41) is 10.1. The van der Waals surface area contributed by atoms with Gasteiger partial charge in [0.1, 0.15) is 5.82 Å². The standard InChI is InChI=1S/C12H20N2O2/c1-12(6-3-9-16-12)10(15)4-5-11-13-7-8-14(11)2/h7-8,10,15H,3-6,9H2,1-2H3. The summed E-state index contributed by atoms with van der Waals surface area (Å²) >= 11 is 0. The highest BCUT2D eigenvalue weighted by Crippen LogP contribution is 2.30. The van der Waals surface area contributed by atoms with Gasteiger partial charge in [-0.25, -0.2) is 4.98 Å². The van der Waals surface area contributed by atoms with Crippen molar-refractivity contribution in [3.63, 3.8) is 0 Å². The van der Waals surface area contributed by atoms with Gasteiger partial charge >= 0.3 is 0 Å². The van der Waals surface area contributed by atoms with E-state index in [1.165, 1.54) is 0 Å². The quantitative estimate of drug-likeness (QED) is 0.838. The Morgan fingerprint density at radius 1 is 1.69 bits per heavy atom. The third-order valence-electron chi connectivity index (χ3n) is 3.52. The van der Waals surface area contributed by atoms with Crippen molar-refractivity contribution < 1.29 is 9.84 Å². The molecule has 1 fully saturated rings. The van der Waals surface area contributed by atoms with Crippen LogP contribution in [0.1, 0.15) is 32.0 Å². The molecule has 90 valence electrons. The van der Waals surface area contributed by atoms with Gasteiger partial charge in [-0.05, 0) is 26.2 Å². The SMILES string of the molecule is Cn1ccnc1CCC(O)C1(C)CCCO1. The number of nitrogens with zero attached hydrogens (tertiary/aromatic N) is 2. The number of rotatable bonds is 4. The summed E-state index contributed by atoms with van der Waals surface area (Å²) in [5.41, 5.74) is -0.342. The largest absolute Gasteiger partial charge is 0.390 e. The number of aryl methyl sites for hydroxylation is 2. The number of imidazole rings is 1. The van der Waals surface area contributed by atoms with Crippen LogP contribution in [0, 0.1) is 0 Å². The summed E-state index contributed by atoms with van der Waals surface area (Å²) in [6.07, 6.45) is 6.83. The summed E-state index contributed by atoms with van der Waals surface area (Å²) in [4.78, 5) is 4.25. The molecule has 16 heavy (non-hydrogen) atoms. The molecule has 2 rings (SSSR count). The van der Waals surface area contributed by atoms with E-state index in [1.807, 2.05) is 24.7 Å². The molecule has 2 atom stereocenters. The molecule has 1 aromatic rings. The molecule has 0 amide bonds. The fraction of sp³-hybridized carbons (Fsp3) is 0.750. The van der Waals surface area contributed by atoms with Crippen LogP contribution < -0.4 is 0 Å². The van der Waals surface area contributed by atoms with Crippen molar-refractivity contribution in [1.29, 1.82) is 0 Å². The number of hydrogen-bond donors (Lipinski definition) is 1. The van der Waals surface area contributed by atoms with Gasteiger partial charge in [-0.2, -0.15) is 0 Å². The number of aromatic nitrogens is 2.